The quantitative estimate of drug-likeness (QED) is 0.462. The van der Waals surface area contributed by atoms with Gasteiger partial charge in [-0.05, 0) is 75.9 Å². The Morgan fingerprint density at radius 1 is 1.09 bits per heavy atom. The Balaban J connectivity index is 1.60. The number of nitrogens with one attached hydrogen (secondary N) is 1. The summed E-state index contributed by atoms with van der Waals surface area (Å²) < 4.78 is 39.2. The number of nitrogens with zero attached hydrogens (tertiary/aromatic N) is 2. The minimum absolute atomic E-state index is 0.136. The Morgan fingerprint density at radius 3 is 2.54 bits per heavy atom. The van der Waals surface area contributed by atoms with Gasteiger partial charge in [0.2, 0.25) is 15.9 Å². The first-order valence-corrected chi connectivity index (χ1v) is 13.3. The van der Waals surface area contributed by atoms with Gasteiger partial charge in [0.25, 0.3) is 0 Å². The maximum atomic E-state index is 13.3. The van der Waals surface area contributed by atoms with Crippen molar-refractivity contribution in [2.75, 3.05) is 18.4 Å². The smallest absolute Gasteiger partial charge is 0.243 e. The maximum Gasteiger partial charge on any atom is 0.243 e. The Morgan fingerprint density at radius 2 is 1.86 bits per heavy atom. The summed E-state index contributed by atoms with van der Waals surface area (Å²) in [7, 11) is -3.67. The standard InChI is InChI=1S/C26H31N3O5S/c1-18-8-7-9-21(16-18)33-25-12-10-22(35(31,32)29-14-5-4-6-15-29)17-24(25)27-26(30)13-11-23-19(2)28-34-20(23)3/h7-10,12,16-17H,4-6,11,13-15H2,1-3H3,(H,27,30). The van der Waals surface area contributed by atoms with Crippen molar-refractivity contribution in [3.8, 4) is 11.5 Å². The number of hydrogen-bond acceptors (Lipinski definition) is 6. The van der Waals surface area contributed by atoms with Crippen molar-refractivity contribution < 1.29 is 22.5 Å². The van der Waals surface area contributed by atoms with Crippen LogP contribution in [0, 0.1) is 20.8 Å². The molecule has 1 saturated heterocycles. The molecule has 0 spiro atoms. The molecule has 8 nitrogen and oxygen atoms in total. The van der Waals surface area contributed by atoms with Gasteiger partial charge in [-0.1, -0.05) is 23.7 Å². The molecule has 4 rings (SSSR count). The average Bonchev–Trinajstić information content (AvgIpc) is 3.16. The largest absolute Gasteiger partial charge is 0.455 e. The zero-order valence-electron chi connectivity index (χ0n) is 20.3. The molecule has 2 heterocycles. The third-order valence-electron chi connectivity index (χ3n) is 6.18. The van der Waals surface area contributed by atoms with Crippen molar-refractivity contribution in [3.05, 3.63) is 65.0 Å². The first kappa shape index (κ1) is 24.9. The number of ether oxygens (including phenoxy) is 1. The van der Waals surface area contributed by atoms with Gasteiger partial charge in [-0.2, -0.15) is 4.31 Å². The second-order valence-electron chi connectivity index (χ2n) is 8.89. The number of hydrogen-bond donors (Lipinski definition) is 1. The highest BCUT2D eigenvalue weighted by molar-refractivity contribution is 7.89. The predicted molar refractivity (Wildman–Crippen MR) is 133 cm³/mol. The second kappa shape index (κ2) is 10.6. The molecule has 0 aliphatic carbocycles. The number of aryl methyl sites for hydroxylation is 3. The number of amides is 1. The summed E-state index contributed by atoms with van der Waals surface area (Å²) in [5.41, 5.74) is 3.00. The summed E-state index contributed by atoms with van der Waals surface area (Å²) in [4.78, 5) is 13.0. The lowest BCUT2D eigenvalue weighted by molar-refractivity contribution is -0.116. The average molecular weight is 498 g/mol. The number of aromatic nitrogens is 1. The highest BCUT2D eigenvalue weighted by atomic mass is 32.2. The molecule has 3 aromatic rings. The molecule has 1 aromatic heterocycles. The molecule has 9 heteroatoms. The maximum absolute atomic E-state index is 13.3. The molecule has 35 heavy (non-hydrogen) atoms. The Kier molecular flexibility index (Phi) is 7.57. The van der Waals surface area contributed by atoms with Gasteiger partial charge < -0.3 is 14.6 Å². The Bertz CT molecular complexity index is 1290. The number of carbonyl (C=O) groups is 1. The molecule has 1 fully saturated rings. The number of carbonyl (C=O) groups excluding carboxylic acids is 1. The fourth-order valence-corrected chi connectivity index (χ4v) is 5.77. The monoisotopic (exact) mass is 497 g/mol. The van der Waals surface area contributed by atoms with Crippen LogP contribution in [-0.2, 0) is 21.2 Å². The fraction of sp³-hybridized carbons (Fsp3) is 0.385. The molecule has 1 N–H and O–H groups in total. The molecule has 186 valence electrons. The van der Waals surface area contributed by atoms with E-state index >= 15 is 0 Å². The van der Waals surface area contributed by atoms with Crippen LogP contribution in [-0.4, -0.2) is 36.9 Å². The highest BCUT2D eigenvalue weighted by Gasteiger charge is 2.27. The van der Waals surface area contributed by atoms with E-state index in [1.54, 1.807) is 6.07 Å². The molecule has 1 aliphatic heterocycles. The molecular formula is C26H31N3O5S. The number of anilines is 1. The van der Waals surface area contributed by atoms with Crippen molar-refractivity contribution in [3.63, 3.8) is 0 Å². The van der Waals surface area contributed by atoms with Crippen LogP contribution in [0.1, 0.15) is 48.3 Å². The van der Waals surface area contributed by atoms with Crippen molar-refractivity contribution in [1.82, 2.24) is 9.46 Å². The number of benzene rings is 2. The minimum atomic E-state index is -3.67. The molecule has 0 bridgehead atoms. The van der Waals surface area contributed by atoms with Gasteiger partial charge in [-0.25, -0.2) is 8.42 Å². The predicted octanol–water partition coefficient (Wildman–Crippen LogP) is 5.14. The van der Waals surface area contributed by atoms with E-state index in [1.807, 2.05) is 45.0 Å². The molecule has 0 atom stereocenters. The van der Waals surface area contributed by atoms with Gasteiger partial charge in [0, 0.05) is 25.1 Å². The summed E-state index contributed by atoms with van der Waals surface area (Å²) in [6.07, 6.45) is 3.38. The van der Waals surface area contributed by atoms with Crippen LogP contribution in [0.4, 0.5) is 5.69 Å². The van der Waals surface area contributed by atoms with Crippen LogP contribution in [0.2, 0.25) is 0 Å². The molecule has 1 aliphatic rings. The molecule has 1 amide bonds. The van der Waals surface area contributed by atoms with E-state index in [-0.39, 0.29) is 17.2 Å². The van der Waals surface area contributed by atoms with Crippen LogP contribution < -0.4 is 10.1 Å². The van der Waals surface area contributed by atoms with E-state index in [9.17, 15) is 13.2 Å². The Hall–Kier alpha value is -3.17. The third-order valence-corrected chi connectivity index (χ3v) is 8.07. The first-order valence-electron chi connectivity index (χ1n) is 11.8. The lowest BCUT2D eigenvalue weighted by atomic mass is 10.1. The summed E-state index contributed by atoms with van der Waals surface area (Å²) >= 11 is 0. The van der Waals surface area contributed by atoms with E-state index in [0.29, 0.717) is 42.5 Å². The summed E-state index contributed by atoms with van der Waals surface area (Å²) in [5, 5.41) is 6.80. The normalized spacial score (nSPS) is 14.6. The van der Waals surface area contributed by atoms with Crippen LogP contribution in [0.3, 0.4) is 0 Å². The van der Waals surface area contributed by atoms with E-state index in [4.69, 9.17) is 9.26 Å². The van der Waals surface area contributed by atoms with Gasteiger partial charge in [0.15, 0.2) is 5.75 Å². The van der Waals surface area contributed by atoms with Crippen LogP contribution >= 0.6 is 0 Å². The number of piperidine rings is 1. The van der Waals surface area contributed by atoms with Crippen molar-refractivity contribution in [2.45, 2.75) is 57.8 Å². The van der Waals surface area contributed by atoms with Gasteiger partial charge in [-0.3, -0.25) is 4.79 Å². The molecule has 0 unspecified atom stereocenters. The molecular weight excluding hydrogens is 466 g/mol. The summed E-state index contributed by atoms with van der Waals surface area (Å²) in [6, 6.07) is 12.1. The van der Waals surface area contributed by atoms with Gasteiger partial charge >= 0.3 is 0 Å². The summed E-state index contributed by atoms with van der Waals surface area (Å²) in [6.45, 7) is 6.62. The van der Waals surface area contributed by atoms with E-state index in [0.717, 1.165) is 36.1 Å². The minimum Gasteiger partial charge on any atom is -0.455 e. The van der Waals surface area contributed by atoms with Crippen LogP contribution in [0.5, 0.6) is 11.5 Å². The SMILES string of the molecule is Cc1cccc(Oc2ccc(S(=O)(=O)N3CCCCC3)cc2NC(=O)CCc2c(C)noc2C)c1. The zero-order chi connectivity index (χ0) is 25.0. The van der Waals surface area contributed by atoms with Crippen LogP contribution in [0.15, 0.2) is 51.9 Å². The van der Waals surface area contributed by atoms with E-state index in [2.05, 4.69) is 10.5 Å². The van der Waals surface area contributed by atoms with Gasteiger partial charge in [0.05, 0.1) is 16.3 Å². The fourth-order valence-electron chi connectivity index (χ4n) is 4.23. The van der Waals surface area contributed by atoms with Crippen molar-refractivity contribution in [1.29, 1.82) is 0 Å². The lowest BCUT2D eigenvalue weighted by Gasteiger charge is -2.26. The van der Waals surface area contributed by atoms with Gasteiger partial charge in [0.1, 0.15) is 11.5 Å². The second-order valence-corrected chi connectivity index (χ2v) is 10.8. The van der Waals surface area contributed by atoms with E-state index in [1.165, 1.54) is 16.4 Å². The van der Waals surface area contributed by atoms with Crippen molar-refractivity contribution >= 4 is 21.6 Å². The Labute approximate surface area is 206 Å². The van der Waals surface area contributed by atoms with Gasteiger partial charge in [-0.15, -0.1) is 0 Å². The lowest BCUT2D eigenvalue weighted by Crippen LogP contribution is -2.35. The highest BCUT2D eigenvalue weighted by Crippen LogP contribution is 2.34. The van der Waals surface area contributed by atoms with Crippen molar-refractivity contribution in [2.24, 2.45) is 0 Å². The molecule has 0 radical (unpaired) electrons. The van der Waals surface area contributed by atoms with Crippen LogP contribution in [0.25, 0.3) is 0 Å². The topological polar surface area (TPSA) is 102 Å². The van der Waals surface area contributed by atoms with E-state index < -0.39 is 10.0 Å². The summed E-state index contributed by atoms with van der Waals surface area (Å²) in [5.74, 6) is 1.40. The number of sulfonamides is 1. The zero-order valence-corrected chi connectivity index (χ0v) is 21.2. The first-order chi connectivity index (χ1) is 16.7. The number of rotatable bonds is 8. The molecule has 2 aromatic carbocycles. The third kappa shape index (κ3) is 5.91. The molecule has 0 saturated carbocycles.